The van der Waals surface area contributed by atoms with Gasteiger partial charge in [0.2, 0.25) is 0 Å². The van der Waals surface area contributed by atoms with E-state index in [1.807, 2.05) is 13.0 Å². The molecule has 0 saturated carbocycles. The molecule has 0 aliphatic carbocycles. The van der Waals surface area contributed by atoms with Crippen molar-refractivity contribution in [3.05, 3.63) is 29.5 Å². The second kappa shape index (κ2) is 4.55. The number of methoxy groups -OCH3 is 1. The van der Waals surface area contributed by atoms with Crippen molar-refractivity contribution in [2.75, 3.05) is 7.11 Å². The van der Waals surface area contributed by atoms with Crippen LogP contribution < -0.4 is 5.73 Å². The van der Waals surface area contributed by atoms with E-state index in [1.165, 1.54) is 7.11 Å². The minimum Gasteiger partial charge on any atom is -0.465 e. The highest BCUT2D eigenvalue weighted by molar-refractivity contribution is 6.04. The highest BCUT2D eigenvalue weighted by atomic mass is 16.5. The predicted molar refractivity (Wildman–Crippen MR) is 64.8 cm³/mol. The average Bonchev–Trinajstić information content (AvgIpc) is 2.71. The van der Waals surface area contributed by atoms with Crippen LogP contribution in [0.4, 0.5) is 0 Å². The van der Waals surface area contributed by atoms with Crippen molar-refractivity contribution in [3.8, 4) is 0 Å². The molecule has 0 aliphatic rings. The molecule has 1 aromatic heterocycles. The first kappa shape index (κ1) is 11.6. The Morgan fingerprint density at radius 2 is 2.35 bits per heavy atom. The van der Waals surface area contributed by atoms with Gasteiger partial charge in [0, 0.05) is 23.5 Å². The monoisotopic (exact) mass is 233 g/mol. The highest BCUT2D eigenvalue weighted by Crippen LogP contribution is 2.22. The molecule has 0 aliphatic heterocycles. The van der Waals surface area contributed by atoms with Gasteiger partial charge in [0.05, 0.1) is 18.2 Å². The van der Waals surface area contributed by atoms with Gasteiger partial charge in [0.25, 0.3) is 0 Å². The molecule has 0 saturated heterocycles. The molecule has 0 fully saturated rings. The van der Waals surface area contributed by atoms with E-state index < -0.39 is 0 Å². The van der Waals surface area contributed by atoms with Crippen LogP contribution in [0.25, 0.3) is 10.9 Å². The summed E-state index contributed by atoms with van der Waals surface area (Å²) in [5, 5.41) is 7.89. The topological polar surface area (TPSA) is 81.0 Å². The molecule has 90 valence electrons. The maximum atomic E-state index is 11.7. The normalized spacial score (nSPS) is 12.6. The van der Waals surface area contributed by atoms with Gasteiger partial charge < -0.3 is 10.5 Å². The van der Waals surface area contributed by atoms with E-state index in [9.17, 15) is 4.79 Å². The SMILES string of the molecule is COC(=O)c1cccc2n[nH]c(C[C@@H](C)N)c12. The fraction of sp³-hybridized carbons (Fsp3) is 0.333. The number of nitrogens with two attached hydrogens (primary N) is 1. The van der Waals surface area contributed by atoms with Crippen LogP contribution in [-0.4, -0.2) is 29.3 Å². The maximum Gasteiger partial charge on any atom is 0.338 e. The zero-order valence-corrected chi connectivity index (χ0v) is 9.86. The summed E-state index contributed by atoms with van der Waals surface area (Å²) in [6.07, 6.45) is 0.643. The van der Waals surface area contributed by atoms with Crippen molar-refractivity contribution in [2.45, 2.75) is 19.4 Å². The Labute approximate surface area is 98.9 Å². The Morgan fingerprint density at radius 3 is 3.00 bits per heavy atom. The number of aromatic nitrogens is 2. The first-order valence-corrected chi connectivity index (χ1v) is 5.43. The number of hydrogen-bond acceptors (Lipinski definition) is 4. The van der Waals surface area contributed by atoms with E-state index in [0.717, 1.165) is 16.6 Å². The highest BCUT2D eigenvalue weighted by Gasteiger charge is 2.16. The van der Waals surface area contributed by atoms with Crippen LogP contribution in [0.15, 0.2) is 18.2 Å². The molecule has 0 bridgehead atoms. The van der Waals surface area contributed by atoms with Crippen molar-refractivity contribution in [2.24, 2.45) is 5.73 Å². The lowest BCUT2D eigenvalue weighted by Gasteiger charge is -2.05. The lowest BCUT2D eigenvalue weighted by molar-refractivity contribution is 0.0603. The molecule has 5 nitrogen and oxygen atoms in total. The first-order chi connectivity index (χ1) is 8.13. The molecule has 0 spiro atoms. The third kappa shape index (κ3) is 2.14. The summed E-state index contributed by atoms with van der Waals surface area (Å²) in [5.74, 6) is -0.358. The van der Waals surface area contributed by atoms with E-state index in [1.54, 1.807) is 12.1 Å². The van der Waals surface area contributed by atoms with Crippen LogP contribution in [0.5, 0.6) is 0 Å². The first-order valence-electron chi connectivity index (χ1n) is 5.43. The van der Waals surface area contributed by atoms with Gasteiger partial charge in [0.1, 0.15) is 0 Å². The summed E-state index contributed by atoms with van der Waals surface area (Å²) in [4.78, 5) is 11.7. The number of nitrogens with one attached hydrogen (secondary N) is 1. The minimum atomic E-state index is -0.358. The number of benzene rings is 1. The van der Waals surface area contributed by atoms with Crippen LogP contribution in [0, 0.1) is 0 Å². The number of aromatic amines is 1. The molecular weight excluding hydrogens is 218 g/mol. The van der Waals surface area contributed by atoms with Crippen LogP contribution in [0.2, 0.25) is 0 Å². The van der Waals surface area contributed by atoms with Crippen molar-refractivity contribution in [3.63, 3.8) is 0 Å². The molecule has 0 unspecified atom stereocenters. The molecule has 2 rings (SSSR count). The zero-order valence-electron chi connectivity index (χ0n) is 9.86. The van der Waals surface area contributed by atoms with Gasteiger partial charge in [0.15, 0.2) is 0 Å². The summed E-state index contributed by atoms with van der Waals surface area (Å²) >= 11 is 0. The number of H-pyrrole nitrogens is 1. The van der Waals surface area contributed by atoms with Crippen LogP contribution in [0.1, 0.15) is 23.0 Å². The largest absolute Gasteiger partial charge is 0.465 e. The van der Waals surface area contributed by atoms with E-state index in [0.29, 0.717) is 12.0 Å². The number of carbonyl (C=O) groups is 1. The summed E-state index contributed by atoms with van der Waals surface area (Å²) in [7, 11) is 1.37. The molecule has 2 aromatic rings. The van der Waals surface area contributed by atoms with Gasteiger partial charge >= 0.3 is 5.97 Å². The van der Waals surface area contributed by atoms with Gasteiger partial charge in [-0.3, -0.25) is 5.10 Å². The Morgan fingerprint density at radius 1 is 1.59 bits per heavy atom. The molecule has 1 aromatic carbocycles. The average molecular weight is 233 g/mol. The number of rotatable bonds is 3. The number of fused-ring (bicyclic) bond motifs is 1. The summed E-state index contributed by atoms with van der Waals surface area (Å²) in [5.41, 5.74) is 7.92. The minimum absolute atomic E-state index is 0.00403. The van der Waals surface area contributed by atoms with Gasteiger partial charge in [-0.25, -0.2) is 4.79 Å². The molecule has 0 radical (unpaired) electrons. The fourth-order valence-electron chi connectivity index (χ4n) is 1.88. The second-order valence-electron chi connectivity index (χ2n) is 4.07. The summed E-state index contributed by atoms with van der Waals surface area (Å²) < 4.78 is 4.76. The molecule has 17 heavy (non-hydrogen) atoms. The fourth-order valence-corrected chi connectivity index (χ4v) is 1.88. The van der Waals surface area contributed by atoms with Crippen LogP contribution in [-0.2, 0) is 11.2 Å². The van der Waals surface area contributed by atoms with Gasteiger partial charge in [-0.15, -0.1) is 0 Å². The molecule has 5 heteroatoms. The Kier molecular flexibility index (Phi) is 3.10. The van der Waals surface area contributed by atoms with Crippen LogP contribution in [0.3, 0.4) is 0 Å². The number of carbonyl (C=O) groups excluding carboxylic acids is 1. The van der Waals surface area contributed by atoms with Gasteiger partial charge in [-0.2, -0.15) is 5.10 Å². The molecule has 0 amide bonds. The van der Waals surface area contributed by atoms with Gasteiger partial charge in [-0.1, -0.05) is 6.07 Å². The quantitative estimate of drug-likeness (QED) is 0.781. The number of esters is 1. The standard InChI is InChI=1S/C12H15N3O2/c1-7(13)6-10-11-8(12(16)17-2)4-3-5-9(11)14-15-10/h3-5,7H,6,13H2,1-2H3,(H,14,15)/t7-/m1/s1. The van der Waals surface area contributed by atoms with E-state index in [2.05, 4.69) is 10.2 Å². The van der Waals surface area contributed by atoms with E-state index >= 15 is 0 Å². The van der Waals surface area contributed by atoms with Crippen molar-refractivity contribution < 1.29 is 9.53 Å². The number of nitrogens with zero attached hydrogens (tertiary/aromatic N) is 1. The molecule has 3 N–H and O–H groups in total. The van der Waals surface area contributed by atoms with Crippen LogP contribution >= 0.6 is 0 Å². The number of hydrogen-bond donors (Lipinski definition) is 2. The van der Waals surface area contributed by atoms with Gasteiger partial charge in [-0.05, 0) is 19.1 Å². The Balaban J connectivity index is 2.59. The third-order valence-electron chi connectivity index (χ3n) is 2.59. The van der Waals surface area contributed by atoms with Crippen molar-refractivity contribution in [1.82, 2.24) is 10.2 Å². The van der Waals surface area contributed by atoms with Crippen molar-refractivity contribution in [1.29, 1.82) is 0 Å². The summed E-state index contributed by atoms with van der Waals surface area (Å²) in [6.45, 7) is 1.91. The lowest BCUT2D eigenvalue weighted by Crippen LogP contribution is -2.18. The smallest absolute Gasteiger partial charge is 0.338 e. The molecule has 1 heterocycles. The number of ether oxygens (including phenoxy) is 1. The third-order valence-corrected chi connectivity index (χ3v) is 2.59. The Bertz CT molecular complexity index is 546. The summed E-state index contributed by atoms with van der Waals surface area (Å²) in [6, 6.07) is 5.37. The maximum absolute atomic E-state index is 11.7. The zero-order chi connectivity index (χ0) is 12.4. The Hall–Kier alpha value is -1.88. The molecule has 1 atom stereocenters. The van der Waals surface area contributed by atoms with E-state index in [-0.39, 0.29) is 12.0 Å². The molecular formula is C12H15N3O2. The predicted octanol–water partition coefficient (Wildman–Crippen LogP) is 1.24. The second-order valence-corrected chi connectivity index (χ2v) is 4.07. The van der Waals surface area contributed by atoms with Crippen molar-refractivity contribution >= 4 is 16.9 Å². The van der Waals surface area contributed by atoms with E-state index in [4.69, 9.17) is 10.5 Å². The lowest BCUT2D eigenvalue weighted by atomic mass is 10.0.